The summed E-state index contributed by atoms with van der Waals surface area (Å²) in [5.41, 5.74) is 7.61. The molecule has 34 heavy (non-hydrogen) atoms. The Morgan fingerprint density at radius 3 is 2.47 bits per heavy atom. The first-order valence-corrected chi connectivity index (χ1v) is 11.7. The van der Waals surface area contributed by atoms with Crippen molar-refractivity contribution in [3.63, 3.8) is 0 Å². The fraction of sp³-hybridized carbons (Fsp3) is 0.222. The number of piperazine rings is 1. The molecule has 1 fully saturated rings. The maximum Gasteiger partial charge on any atom is 0.162 e. The van der Waals surface area contributed by atoms with Crippen LogP contribution in [0, 0.1) is 0 Å². The molecule has 6 rings (SSSR count). The zero-order valence-corrected chi connectivity index (χ0v) is 19.3. The number of hydrogen-bond acceptors (Lipinski definition) is 5. The minimum absolute atomic E-state index is 0.468. The molecule has 5 aromatic rings. The monoisotopic (exact) mass is 444 g/mol. The number of hydrogen-bond donors (Lipinski definition) is 1. The van der Waals surface area contributed by atoms with Gasteiger partial charge >= 0.3 is 0 Å². The summed E-state index contributed by atoms with van der Waals surface area (Å²) in [6.45, 7) is 6.55. The molecular weight excluding hydrogens is 419 g/mol. The summed E-state index contributed by atoms with van der Waals surface area (Å²) < 4.78 is 1.85. The van der Waals surface area contributed by atoms with Crippen LogP contribution in [0.5, 0.6) is 0 Å². The largest absolute Gasteiger partial charge is 0.364 e. The Bertz CT molecular complexity index is 1480. The average molecular weight is 444 g/mol. The average Bonchev–Trinajstić information content (AvgIpc) is 3.27. The fourth-order valence-electron chi connectivity index (χ4n) is 5.09. The van der Waals surface area contributed by atoms with Gasteiger partial charge in [0.15, 0.2) is 5.65 Å². The summed E-state index contributed by atoms with van der Waals surface area (Å²) in [4.78, 5) is 11.7. The zero-order chi connectivity index (χ0) is 23.2. The van der Waals surface area contributed by atoms with Crippen molar-refractivity contribution in [1.29, 1.82) is 0 Å². The summed E-state index contributed by atoms with van der Waals surface area (Å²) in [7, 11) is 5.87. The SMILES string of the molecule is [B]c1ccc2c(-c3cnn4cc(-c5ccc(N6C(C)CNCC6C)cc5)cnc34)cccc2n1. The van der Waals surface area contributed by atoms with Crippen LogP contribution >= 0.6 is 0 Å². The highest BCUT2D eigenvalue weighted by Crippen LogP contribution is 2.31. The van der Waals surface area contributed by atoms with Crippen molar-refractivity contribution in [1.82, 2.24) is 24.9 Å². The second-order valence-electron chi connectivity index (χ2n) is 9.09. The lowest BCUT2D eigenvalue weighted by Crippen LogP contribution is -2.55. The summed E-state index contributed by atoms with van der Waals surface area (Å²) in [6.07, 6.45) is 5.83. The molecule has 2 atom stereocenters. The normalized spacial score (nSPS) is 18.6. The molecule has 1 aliphatic rings. The number of anilines is 1. The van der Waals surface area contributed by atoms with Gasteiger partial charge in [-0.1, -0.05) is 36.4 Å². The third kappa shape index (κ3) is 3.53. The lowest BCUT2D eigenvalue weighted by Gasteiger charge is -2.41. The predicted octanol–water partition coefficient (Wildman–Crippen LogP) is 3.59. The predicted molar refractivity (Wildman–Crippen MR) is 139 cm³/mol. The molecular formula is C27H25BN6. The molecule has 1 aliphatic heterocycles. The number of nitrogens with one attached hydrogen (secondary N) is 1. The molecule has 1 N–H and O–H groups in total. The lowest BCUT2D eigenvalue weighted by atomic mass is 9.99. The molecule has 7 heteroatoms. The number of fused-ring (bicyclic) bond motifs is 2. The Morgan fingerprint density at radius 1 is 0.882 bits per heavy atom. The molecule has 3 aromatic heterocycles. The molecule has 0 aliphatic carbocycles. The maximum atomic E-state index is 5.87. The van der Waals surface area contributed by atoms with Gasteiger partial charge in [0.2, 0.25) is 0 Å². The van der Waals surface area contributed by atoms with E-state index < -0.39 is 0 Å². The number of nitrogens with zero attached hydrogens (tertiary/aromatic N) is 5. The van der Waals surface area contributed by atoms with E-state index in [9.17, 15) is 0 Å². The Hall–Kier alpha value is -3.71. The van der Waals surface area contributed by atoms with Crippen LogP contribution in [0.1, 0.15) is 13.8 Å². The Kier molecular flexibility index (Phi) is 5.07. The molecule has 0 bridgehead atoms. The van der Waals surface area contributed by atoms with E-state index in [0.29, 0.717) is 17.7 Å². The van der Waals surface area contributed by atoms with Crippen LogP contribution in [0.4, 0.5) is 5.69 Å². The van der Waals surface area contributed by atoms with Crippen molar-refractivity contribution >= 4 is 35.7 Å². The fourth-order valence-corrected chi connectivity index (χ4v) is 5.09. The number of rotatable bonds is 3. The molecule has 1 saturated heterocycles. The molecule has 2 radical (unpaired) electrons. The molecule has 2 aromatic carbocycles. The number of pyridine rings is 1. The van der Waals surface area contributed by atoms with E-state index in [1.54, 1.807) is 0 Å². The molecule has 6 nitrogen and oxygen atoms in total. The van der Waals surface area contributed by atoms with Gasteiger partial charge in [0.05, 0.1) is 11.7 Å². The molecule has 0 saturated carbocycles. The van der Waals surface area contributed by atoms with Crippen molar-refractivity contribution < 1.29 is 0 Å². The highest BCUT2D eigenvalue weighted by Gasteiger charge is 2.24. The van der Waals surface area contributed by atoms with Crippen molar-refractivity contribution in [3.05, 3.63) is 73.2 Å². The van der Waals surface area contributed by atoms with Crippen molar-refractivity contribution in [2.45, 2.75) is 25.9 Å². The Morgan fingerprint density at radius 2 is 1.68 bits per heavy atom. The summed E-state index contributed by atoms with van der Waals surface area (Å²) in [5.74, 6) is 0. The van der Waals surface area contributed by atoms with Gasteiger partial charge in [-0.25, -0.2) is 9.50 Å². The van der Waals surface area contributed by atoms with Crippen molar-refractivity contribution in [3.8, 4) is 22.3 Å². The summed E-state index contributed by atoms with van der Waals surface area (Å²) in [6, 6.07) is 19.6. The Labute approximate surface area is 200 Å². The minimum atomic E-state index is 0.468. The standard InChI is InChI=1S/C27H25BN6/c1-17-12-29-13-18(2)34(17)21-8-6-19(7-9-21)20-14-30-27-24(15-31-33(27)16-20)22-4-3-5-25-23(22)10-11-26(28)32-25/h3-11,14-18,29H,12-13H2,1-2H3. The number of benzene rings is 2. The van der Waals surface area contributed by atoms with Gasteiger partial charge in [0.25, 0.3) is 0 Å². The Balaban J connectivity index is 1.35. The van der Waals surface area contributed by atoms with Gasteiger partial charge < -0.3 is 10.2 Å². The quantitative estimate of drug-likeness (QED) is 0.431. The maximum absolute atomic E-state index is 5.87. The van der Waals surface area contributed by atoms with Gasteiger partial charge in [-0.3, -0.25) is 4.98 Å². The van der Waals surface area contributed by atoms with E-state index in [1.165, 1.54) is 5.69 Å². The zero-order valence-electron chi connectivity index (χ0n) is 19.3. The van der Waals surface area contributed by atoms with Gasteiger partial charge in [0, 0.05) is 59.8 Å². The third-order valence-corrected chi connectivity index (χ3v) is 6.73. The second kappa shape index (κ2) is 8.26. The van der Waals surface area contributed by atoms with Crippen LogP contribution in [0.2, 0.25) is 0 Å². The highest BCUT2D eigenvalue weighted by molar-refractivity contribution is 6.31. The van der Waals surface area contributed by atoms with Gasteiger partial charge in [-0.15, -0.1) is 0 Å². The molecule has 0 spiro atoms. The second-order valence-corrected chi connectivity index (χ2v) is 9.09. The number of aromatic nitrogens is 4. The van der Waals surface area contributed by atoms with Crippen LogP contribution < -0.4 is 15.8 Å². The van der Waals surface area contributed by atoms with Gasteiger partial charge in [-0.05, 0) is 48.8 Å². The molecule has 4 heterocycles. The molecule has 0 amide bonds. The van der Waals surface area contributed by atoms with Crippen LogP contribution in [0.15, 0.2) is 73.2 Å². The first kappa shape index (κ1) is 20.9. The van der Waals surface area contributed by atoms with E-state index in [0.717, 1.165) is 51.9 Å². The van der Waals surface area contributed by atoms with E-state index in [4.69, 9.17) is 12.8 Å². The van der Waals surface area contributed by atoms with Crippen LogP contribution in [-0.4, -0.2) is 52.6 Å². The molecule has 2 unspecified atom stereocenters. The smallest absolute Gasteiger partial charge is 0.162 e. The van der Waals surface area contributed by atoms with Crippen LogP contribution in [0.3, 0.4) is 0 Å². The third-order valence-electron chi connectivity index (χ3n) is 6.73. The van der Waals surface area contributed by atoms with Crippen molar-refractivity contribution in [2.24, 2.45) is 0 Å². The summed E-state index contributed by atoms with van der Waals surface area (Å²) in [5, 5.41) is 9.14. The minimum Gasteiger partial charge on any atom is -0.364 e. The van der Waals surface area contributed by atoms with Gasteiger partial charge in [-0.2, -0.15) is 5.10 Å². The summed E-state index contributed by atoms with van der Waals surface area (Å²) >= 11 is 0. The van der Waals surface area contributed by atoms with E-state index >= 15 is 0 Å². The topological polar surface area (TPSA) is 58.4 Å². The van der Waals surface area contributed by atoms with Crippen molar-refractivity contribution in [2.75, 3.05) is 18.0 Å². The highest BCUT2D eigenvalue weighted by atomic mass is 15.2. The lowest BCUT2D eigenvalue weighted by molar-refractivity contribution is 0.432. The molecule has 166 valence electrons. The van der Waals surface area contributed by atoms with Crippen LogP contribution in [0.25, 0.3) is 38.8 Å². The van der Waals surface area contributed by atoms with E-state index in [1.807, 2.05) is 47.4 Å². The van der Waals surface area contributed by atoms with E-state index in [-0.39, 0.29) is 0 Å². The van der Waals surface area contributed by atoms with Crippen LogP contribution in [-0.2, 0) is 0 Å². The van der Waals surface area contributed by atoms with E-state index in [2.05, 4.69) is 64.5 Å². The van der Waals surface area contributed by atoms with Gasteiger partial charge in [0.1, 0.15) is 7.85 Å². The first-order valence-electron chi connectivity index (χ1n) is 11.7. The first-order chi connectivity index (χ1) is 16.6.